The molecule has 0 heterocycles. The van der Waals surface area contributed by atoms with Gasteiger partial charge in [-0.1, -0.05) is 72.8 Å². The van der Waals surface area contributed by atoms with Crippen molar-refractivity contribution in [1.82, 2.24) is 0 Å². The molecule has 1 aliphatic rings. The summed E-state index contributed by atoms with van der Waals surface area (Å²) >= 11 is 0. The van der Waals surface area contributed by atoms with Crippen molar-refractivity contribution < 1.29 is 44.6 Å². The summed E-state index contributed by atoms with van der Waals surface area (Å²) in [6, 6.07) is 31.9. The second-order valence-electron chi connectivity index (χ2n) is 12.0. The first kappa shape index (κ1) is 35.5. The Bertz CT molecular complexity index is 2350. The minimum atomic E-state index is -5.18. The molecule has 0 saturated carbocycles. The van der Waals surface area contributed by atoms with Crippen LogP contribution in [0, 0.1) is 34.3 Å². The van der Waals surface area contributed by atoms with Crippen LogP contribution in [0.4, 0.5) is 35.1 Å². The van der Waals surface area contributed by atoms with E-state index in [2.05, 4.69) is 9.47 Å². The normalized spacial score (nSPS) is 12.0. The predicted molar refractivity (Wildman–Crippen MR) is 184 cm³/mol. The van der Waals surface area contributed by atoms with Crippen LogP contribution in [0.25, 0.3) is 61.2 Å². The Hall–Kier alpha value is -6.92. The molecule has 0 aliphatic heterocycles. The van der Waals surface area contributed by atoms with Gasteiger partial charge in [-0.15, -0.1) is 26.3 Å². The zero-order valence-corrected chi connectivity index (χ0v) is 27.3. The summed E-state index contributed by atoms with van der Waals surface area (Å²) in [7, 11) is 0. The van der Waals surface area contributed by atoms with E-state index in [1.807, 2.05) is 0 Å². The average molecular weight is 737 g/mol. The zero-order valence-electron chi connectivity index (χ0n) is 27.3. The van der Waals surface area contributed by atoms with Gasteiger partial charge in [0.15, 0.2) is 0 Å². The maximum atomic E-state index is 13.9. The number of ether oxygens (including phenoxy) is 2. The second-order valence-corrected chi connectivity index (χ2v) is 12.0. The van der Waals surface area contributed by atoms with Crippen molar-refractivity contribution in [3.8, 4) is 79.3 Å². The van der Waals surface area contributed by atoms with Gasteiger partial charge in [-0.25, -0.2) is 8.78 Å². The standard InChI is InChI=1S/C42H20F8N2O2/c43-30-13-9-25(10-14-30)23-1-5-27(6-2-23)32-17-34-35-18-33(28-7-3-24(4-8-28)26-11-15-31(44)16-12-26)39(54-42(48,49)50)20-37(35)40(29(21-51)22-52)36(34)19-38(32)53-41(45,46)47/h1-20H. The van der Waals surface area contributed by atoms with Gasteiger partial charge in [0.25, 0.3) is 0 Å². The molecule has 0 bridgehead atoms. The number of hydrogen-bond donors (Lipinski definition) is 0. The summed E-state index contributed by atoms with van der Waals surface area (Å²) in [5.74, 6) is -2.29. The minimum Gasteiger partial charge on any atom is -0.405 e. The van der Waals surface area contributed by atoms with Crippen LogP contribution in [0.5, 0.6) is 11.5 Å². The summed E-state index contributed by atoms with van der Waals surface area (Å²) in [4.78, 5) is 0. The highest BCUT2D eigenvalue weighted by atomic mass is 19.4. The Balaban J connectivity index is 1.44. The molecule has 0 amide bonds. The first-order valence-electron chi connectivity index (χ1n) is 15.9. The molecule has 4 nitrogen and oxygen atoms in total. The fraction of sp³-hybridized carbons (Fsp3) is 0.0476. The zero-order chi connectivity index (χ0) is 38.4. The van der Waals surface area contributed by atoms with Gasteiger partial charge >= 0.3 is 12.7 Å². The number of hydrogen-bond acceptors (Lipinski definition) is 4. The topological polar surface area (TPSA) is 66.0 Å². The van der Waals surface area contributed by atoms with Crippen LogP contribution >= 0.6 is 0 Å². The lowest BCUT2D eigenvalue weighted by Gasteiger charge is -2.17. The molecule has 0 saturated heterocycles. The Labute approximate surface area is 302 Å². The number of fused-ring (bicyclic) bond motifs is 3. The molecule has 266 valence electrons. The maximum Gasteiger partial charge on any atom is 0.573 e. The van der Waals surface area contributed by atoms with Crippen LogP contribution in [0.2, 0.25) is 0 Å². The molecule has 54 heavy (non-hydrogen) atoms. The van der Waals surface area contributed by atoms with E-state index in [9.17, 15) is 45.6 Å². The molecule has 0 fully saturated rings. The molecule has 6 aromatic rings. The highest BCUT2D eigenvalue weighted by Gasteiger charge is 2.37. The number of alkyl halides is 6. The smallest absolute Gasteiger partial charge is 0.405 e. The number of rotatable bonds is 6. The number of benzene rings is 6. The molecule has 0 spiro atoms. The predicted octanol–water partition coefficient (Wildman–Crippen LogP) is 12.3. The summed E-state index contributed by atoms with van der Waals surface area (Å²) < 4.78 is 119. The first-order chi connectivity index (χ1) is 25.7. The molecule has 0 atom stereocenters. The van der Waals surface area contributed by atoms with Crippen LogP contribution < -0.4 is 9.47 Å². The van der Waals surface area contributed by atoms with Gasteiger partial charge in [0.05, 0.1) is 0 Å². The van der Waals surface area contributed by atoms with Gasteiger partial charge in [0.1, 0.15) is 40.8 Å². The van der Waals surface area contributed by atoms with E-state index >= 15 is 0 Å². The first-order valence-corrected chi connectivity index (χ1v) is 15.9. The minimum absolute atomic E-state index is 0.0554. The molecule has 7 rings (SSSR count). The van der Waals surface area contributed by atoms with Gasteiger partial charge in [0.2, 0.25) is 0 Å². The van der Waals surface area contributed by atoms with E-state index in [1.165, 1.54) is 84.9 Å². The van der Waals surface area contributed by atoms with Crippen molar-refractivity contribution in [3.05, 3.63) is 150 Å². The molecule has 0 unspecified atom stereocenters. The van der Waals surface area contributed by atoms with Crippen molar-refractivity contribution in [2.24, 2.45) is 0 Å². The van der Waals surface area contributed by atoms with E-state index in [0.29, 0.717) is 22.3 Å². The highest BCUT2D eigenvalue weighted by molar-refractivity contribution is 6.07. The number of nitrogens with zero attached hydrogens (tertiary/aromatic N) is 2. The molecular weight excluding hydrogens is 716 g/mol. The molecular formula is C42H20F8N2O2. The van der Waals surface area contributed by atoms with Crippen LogP contribution in [0.3, 0.4) is 0 Å². The van der Waals surface area contributed by atoms with Crippen molar-refractivity contribution in [1.29, 1.82) is 10.5 Å². The van der Waals surface area contributed by atoms with E-state index in [-0.39, 0.29) is 50.1 Å². The summed E-state index contributed by atoms with van der Waals surface area (Å²) in [6.07, 6.45) is -10.4. The Morgan fingerprint density at radius 3 is 1.00 bits per heavy atom. The molecule has 0 radical (unpaired) electrons. The highest BCUT2D eigenvalue weighted by Crippen LogP contribution is 2.53. The molecule has 12 heteroatoms. The Kier molecular flexibility index (Phi) is 8.91. The Morgan fingerprint density at radius 1 is 0.407 bits per heavy atom. The van der Waals surface area contributed by atoms with Crippen LogP contribution in [0.15, 0.2) is 127 Å². The van der Waals surface area contributed by atoms with Gasteiger partial charge < -0.3 is 9.47 Å². The average Bonchev–Trinajstić information content (AvgIpc) is 3.42. The van der Waals surface area contributed by atoms with Gasteiger partial charge in [-0.2, -0.15) is 10.5 Å². The molecule has 6 aromatic carbocycles. The third-order valence-corrected chi connectivity index (χ3v) is 8.74. The van der Waals surface area contributed by atoms with Crippen molar-refractivity contribution in [3.63, 3.8) is 0 Å². The van der Waals surface area contributed by atoms with E-state index in [0.717, 1.165) is 12.1 Å². The second kappa shape index (κ2) is 13.6. The number of allylic oxidation sites excluding steroid dienone is 1. The lowest BCUT2D eigenvalue weighted by Crippen LogP contribution is -2.17. The maximum absolute atomic E-state index is 13.9. The fourth-order valence-electron chi connectivity index (χ4n) is 6.41. The van der Waals surface area contributed by atoms with Gasteiger partial charge in [0, 0.05) is 16.7 Å². The van der Waals surface area contributed by atoms with Crippen LogP contribution in [0.1, 0.15) is 11.1 Å². The van der Waals surface area contributed by atoms with Crippen molar-refractivity contribution in [2.75, 3.05) is 0 Å². The van der Waals surface area contributed by atoms with E-state index in [4.69, 9.17) is 0 Å². The monoisotopic (exact) mass is 736 g/mol. The van der Waals surface area contributed by atoms with E-state index in [1.54, 1.807) is 36.4 Å². The summed E-state index contributed by atoms with van der Waals surface area (Å²) in [6.45, 7) is 0. The van der Waals surface area contributed by atoms with Crippen LogP contribution in [-0.4, -0.2) is 12.7 Å². The van der Waals surface area contributed by atoms with Gasteiger partial charge in [-0.05, 0) is 104 Å². The number of halogens is 8. The molecule has 1 aliphatic carbocycles. The number of nitriles is 2. The quantitative estimate of drug-likeness (QED) is 0.126. The van der Waals surface area contributed by atoms with Crippen LogP contribution in [-0.2, 0) is 0 Å². The van der Waals surface area contributed by atoms with Gasteiger partial charge in [-0.3, -0.25) is 0 Å². The third-order valence-electron chi connectivity index (χ3n) is 8.74. The lowest BCUT2D eigenvalue weighted by atomic mass is 9.93. The summed E-state index contributed by atoms with van der Waals surface area (Å²) in [5.41, 5.74) is 2.48. The summed E-state index contributed by atoms with van der Waals surface area (Å²) in [5, 5.41) is 19.8. The molecule has 0 N–H and O–H groups in total. The Morgan fingerprint density at radius 2 is 0.704 bits per heavy atom. The van der Waals surface area contributed by atoms with Crippen molar-refractivity contribution >= 4 is 5.57 Å². The SMILES string of the molecule is N#CC(C#N)=C1c2cc(OC(F)(F)F)c(-c3ccc(-c4ccc(F)cc4)cc3)cc2-c2cc(-c3ccc(-c4ccc(F)cc4)cc3)c(OC(F)(F)F)cc21. The van der Waals surface area contributed by atoms with E-state index < -0.39 is 41.4 Å². The fourth-order valence-corrected chi connectivity index (χ4v) is 6.41. The molecule has 0 aromatic heterocycles. The third kappa shape index (κ3) is 7.10. The lowest BCUT2D eigenvalue weighted by molar-refractivity contribution is -0.275. The van der Waals surface area contributed by atoms with Crippen molar-refractivity contribution in [2.45, 2.75) is 12.7 Å². The largest absolute Gasteiger partial charge is 0.573 e.